The van der Waals surface area contributed by atoms with Crippen molar-refractivity contribution in [3.63, 3.8) is 0 Å². The summed E-state index contributed by atoms with van der Waals surface area (Å²) in [6.45, 7) is 0. The molecule has 0 aromatic heterocycles. The molecule has 0 aliphatic heterocycles. The highest BCUT2D eigenvalue weighted by Gasteiger charge is 2.13. The van der Waals surface area contributed by atoms with Crippen LogP contribution in [0.2, 0.25) is 0 Å². The van der Waals surface area contributed by atoms with Crippen molar-refractivity contribution in [1.29, 1.82) is 0 Å². The van der Waals surface area contributed by atoms with E-state index in [2.05, 4.69) is 97.9 Å². The molecule has 120 valence electrons. The number of hydrogen-bond donors (Lipinski definition) is 0. The molecular weight excluding hydrogens is 365 g/mol. The van der Waals surface area contributed by atoms with Gasteiger partial charge in [0, 0.05) is 25.3 Å². The minimum Gasteiger partial charge on any atom is -0.377 e. The zero-order valence-corrected chi connectivity index (χ0v) is 16.7. The van der Waals surface area contributed by atoms with E-state index in [1.54, 1.807) is 0 Å². The number of anilines is 1. The fraction of sp³-hybridized carbons (Fsp3) is 0.100. The van der Waals surface area contributed by atoms with E-state index in [1.165, 1.54) is 27.9 Å². The van der Waals surface area contributed by atoms with Crippen molar-refractivity contribution in [3.8, 4) is 22.3 Å². The van der Waals surface area contributed by atoms with E-state index in [4.69, 9.17) is 0 Å². The van der Waals surface area contributed by atoms with Gasteiger partial charge in [0.2, 0.25) is 0 Å². The first-order chi connectivity index (χ1) is 10.3. The Morgan fingerprint density at radius 1 is 0.609 bits per heavy atom. The van der Waals surface area contributed by atoms with Crippen molar-refractivity contribution in [2.45, 2.75) is 0 Å². The first-order valence-electron chi connectivity index (χ1n) is 7.18. The Bertz CT molecular complexity index is 727. The fourth-order valence-electron chi connectivity index (χ4n) is 2.68. The molecule has 1 atom stereocenters. The summed E-state index contributed by atoms with van der Waals surface area (Å²) in [6.07, 6.45) is 0. The molecule has 0 bridgehead atoms. The SMILES string of the molecule is Br.CN(C)c1cccc(-c2ccccc2)c1-c1ccccc1.P. The van der Waals surface area contributed by atoms with Crippen LogP contribution in [0.1, 0.15) is 0 Å². The molecule has 23 heavy (non-hydrogen) atoms. The molecule has 0 aliphatic carbocycles. The van der Waals surface area contributed by atoms with Gasteiger partial charge >= 0.3 is 0 Å². The Kier molecular flexibility index (Phi) is 7.48. The highest BCUT2D eigenvalue weighted by molar-refractivity contribution is 8.93. The van der Waals surface area contributed by atoms with Crippen LogP contribution in [0, 0.1) is 0 Å². The van der Waals surface area contributed by atoms with Crippen molar-refractivity contribution in [2.24, 2.45) is 0 Å². The standard InChI is InChI=1S/C20H19N.BrH.H3P/c1-21(2)19-15-9-14-18(16-10-5-3-6-11-16)20(19)17-12-7-4-8-13-17;;/h3-15H,1-2H3;1H;1H3. The molecule has 3 rings (SSSR count). The maximum Gasteiger partial charge on any atom is 0.0447 e. The molecule has 0 saturated carbocycles. The molecule has 0 amide bonds. The van der Waals surface area contributed by atoms with E-state index in [-0.39, 0.29) is 26.9 Å². The highest BCUT2D eigenvalue weighted by Crippen LogP contribution is 2.38. The molecule has 0 N–H and O–H groups in total. The van der Waals surface area contributed by atoms with Crippen LogP contribution >= 0.6 is 26.9 Å². The smallest absolute Gasteiger partial charge is 0.0447 e. The van der Waals surface area contributed by atoms with Gasteiger partial charge in [-0.15, -0.1) is 17.0 Å². The number of benzene rings is 3. The van der Waals surface area contributed by atoms with Gasteiger partial charge in [-0.3, -0.25) is 0 Å². The van der Waals surface area contributed by atoms with Crippen molar-refractivity contribution in [2.75, 3.05) is 19.0 Å². The second-order valence-electron chi connectivity index (χ2n) is 5.33. The quantitative estimate of drug-likeness (QED) is 0.519. The summed E-state index contributed by atoms with van der Waals surface area (Å²) in [4.78, 5) is 2.18. The van der Waals surface area contributed by atoms with Crippen LogP contribution in [0.15, 0.2) is 78.9 Å². The first kappa shape index (κ1) is 19.4. The van der Waals surface area contributed by atoms with Crippen LogP contribution in [0.4, 0.5) is 5.69 Å². The third-order valence-corrected chi connectivity index (χ3v) is 3.67. The summed E-state index contributed by atoms with van der Waals surface area (Å²) in [5.74, 6) is 0. The summed E-state index contributed by atoms with van der Waals surface area (Å²) in [5.41, 5.74) is 6.30. The number of hydrogen-bond acceptors (Lipinski definition) is 1. The largest absolute Gasteiger partial charge is 0.377 e. The minimum absolute atomic E-state index is 0. The molecule has 0 spiro atoms. The van der Waals surface area contributed by atoms with E-state index in [1.807, 2.05) is 0 Å². The third-order valence-electron chi connectivity index (χ3n) is 3.67. The van der Waals surface area contributed by atoms with E-state index in [9.17, 15) is 0 Å². The molecule has 3 aromatic rings. The number of rotatable bonds is 3. The normalized spacial score (nSPS) is 9.48. The number of nitrogens with zero attached hydrogens (tertiary/aromatic N) is 1. The van der Waals surface area contributed by atoms with Crippen LogP contribution in [-0.4, -0.2) is 14.1 Å². The topological polar surface area (TPSA) is 3.24 Å². The van der Waals surface area contributed by atoms with Crippen LogP contribution in [0.3, 0.4) is 0 Å². The van der Waals surface area contributed by atoms with E-state index in [0.29, 0.717) is 0 Å². The third kappa shape index (κ3) is 4.22. The van der Waals surface area contributed by atoms with Gasteiger partial charge in [0.05, 0.1) is 0 Å². The van der Waals surface area contributed by atoms with Gasteiger partial charge in [-0.2, -0.15) is 9.90 Å². The summed E-state index contributed by atoms with van der Waals surface area (Å²) < 4.78 is 0. The average Bonchev–Trinajstić information content (AvgIpc) is 2.55. The molecule has 0 heterocycles. The van der Waals surface area contributed by atoms with E-state index in [0.717, 1.165) is 0 Å². The van der Waals surface area contributed by atoms with Gasteiger partial charge in [-0.1, -0.05) is 72.8 Å². The maximum absolute atomic E-state index is 2.20. The Morgan fingerprint density at radius 3 is 1.65 bits per heavy atom. The Labute approximate surface area is 152 Å². The van der Waals surface area contributed by atoms with Crippen LogP contribution in [0.25, 0.3) is 22.3 Å². The lowest BCUT2D eigenvalue weighted by Gasteiger charge is -2.21. The summed E-state index contributed by atoms with van der Waals surface area (Å²) in [7, 11) is 4.19. The molecule has 3 heteroatoms. The van der Waals surface area contributed by atoms with Crippen LogP contribution in [-0.2, 0) is 0 Å². The lowest BCUT2D eigenvalue weighted by molar-refractivity contribution is 1.13. The van der Waals surface area contributed by atoms with Gasteiger partial charge in [0.25, 0.3) is 0 Å². The van der Waals surface area contributed by atoms with Gasteiger partial charge in [-0.25, -0.2) is 0 Å². The molecule has 0 saturated heterocycles. The fourth-order valence-corrected chi connectivity index (χ4v) is 2.68. The van der Waals surface area contributed by atoms with Crippen molar-refractivity contribution in [1.82, 2.24) is 0 Å². The minimum atomic E-state index is 0. The van der Waals surface area contributed by atoms with E-state index >= 15 is 0 Å². The van der Waals surface area contributed by atoms with Gasteiger partial charge in [0.1, 0.15) is 0 Å². The number of halogens is 1. The Balaban J connectivity index is 0.00000132. The average molecular weight is 388 g/mol. The van der Waals surface area contributed by atoms with Crippen LogP contribution < -0.4 is 4.90 Å². The Hall–Kier alpha value is -1.63. The van der Waals surface area contributed by atoms with Gasteiger partial charge < -0.3 is 4.90 Å². The van der Waals surface area contributed by atoms with Gasteiger partial charge in [0.15, 0.2) is 0 Å². The van der Waals surface area contributed by atoms with Crippen molar-refractivity contribution in [3.05, 3.63) is 78.9 Å². The predicted molar refractivity (Wildman–Crippen MR) is 113 cm³/mol. The van der Waals surface area contributed by atoms with E-state index < -0.39 is 0 Å². The second kappa shape index (κ2) is 8.86. The predicted octanol–water partition coefficient (Wildman–Crippen LogP) is 5.72. The molecule has 3 aromatic carbocycles. The van der Waals surface area contributed by atoms with Gasteiger partial charge in [-0.05, 0) is 22.8 Å². The van der Waals surface area contributed by atoms with Crippen molar-refractivity contribution >= 4 is 32.6 Å². The summed E-state index contributed by atoms with van der Waals surface area (Å²) in [6, 6.07) is 27.7. The first-order valence-corrected chi connectivity index (χ1v) is 7.18. The molecular formula is C20H23BrNP. The molecule has 1 unspecified atom stereocenters. The maximum atomic E-state index is 2.20. The summed E-state index contributed by atoms with van der Waals surface area (Å²) in [5, 5.41) is 0. The van der Waals surface area contributed by atoms with Crippen molar-refractivity contribution < 1.29 is 0 Å². The molecule has 1 nitrogen and oxygen atoms in total. The summed E-state index contributed by atoms with van der Waals surface area (Å²) >= 11 is 0. The Morgan fingerprint density at radius 2 is 1.13 bits per heavy atom. The molecule has 0 radical (unpaired) electrons. The molecule has 0 aliphatic rings. The second-order valence-corrected chi connectivity index (χ2v) is 5.33. The van der Waals surface area contributed by atoms with Crippen LogP contribution in [0.5, 0.6) is 0 Å². The monoisotopic (exact) mass is 387 g/mol. The zero-order chi connectivity index (χ0) is 14.7. The molecule has 0 fully saturated rings. The lowest BCUT2D eigenvalue weighted by atomic mass is 9.93. The highest BCUT2D eigenvalue weighted by atomic mass is 79.9. The lowest BCUT2D eigenvalue weighted by Crippen LogP contribution is -2.10. The zero-order valence-electron chi connectivity index (χ0n) is 13.6.